The van der Waals surface area contributed by atoms with Crippen molar-refractivity contribution < 1.29 is 42.5 Å². The van der Waals surface area contributed by atoms with E-state index in [4.69, 9.17) is 4.74 Å². The number of aromatic nitrogens is 2. The van der Waals surface area contributed by atoms with Crippen LogP contribution in [0.2, 0.25) is 0 Å². The highest BCUT2D eigenvalue weighted by Crippen LogP contribution is 2.68. The number of benzene rings is 1. The van der Waals surface area contributed by atoms with Gasteiger partial charge in [-0.2, -0.15) is 0 Å². The second-order valence-corrected chi connectivity index (χ2v) is 17.7. The summed E-state index contributed by atoms with van der Waals surface area (Å²) < 4.78 is 35.5. The van der Waals surface area contributed by atoms with Gasteiger partial charge < -0.3 is 30.8 Å². The molecular formula is C36H52N4O9S. The van der Waals surface area contributed by atoms with Crippen molar-refractivity contribution >= 4 is 21.7 Å². The zero-order valence-electron chi connectivity index (χ0n) is 29.3. The van der Waals surface area contributed by atoms with Gasteiger partial charge in [0, 0.05) is 6.42 Å². The minimum absolute atomic E-state index is 0.0258. The lowest BCUT2D eigenvalue weighted by Gasteiger charge is -2.62. The highest BCUT2D eigenvalue weighted by molar-refractivity contribution is 7.91. The first-order valence-electron chi connectivity index (χ1n) is 18.2. The number of rotatable bonds is 12. The molecule has 0 saturated heterocycles. The summed E-state index contributed by atoms with van der Waals surface area (Å²) in [6.45, 7) is 6.66. The van der Waals surface area contributed by atoms with Gasteiger partial charge in [0.05, 0.1) is 35.3 Å². The van der Waals surface area contributed by atoms with Gasteiger partial charge in [-0.1, -0.05) is 39.0 Å². The average molecular weight is 717 g/mol. The fourth-order valence-electron chi connectivity index (χ4n) is 10.6. The topological polar surface area (TPSA) is 195 Å². The molecule has 2 amide bonds. The number of aliphatic hydroxyl groups is 2. The Kier molecular flexibility index (Phi) is 10.5. The highest BCUT2D eigenvalue weighted by Gasteiger charge is 2.62. The normalized spacial score (nSPS) is 34.1. The lowest BCUT2D eigenvalue weighted by molar-refractivity contribution is -0.832. The van der Waals surface area contributed by atoms with Crippen LogP contribution in [0.3, 0.4) is 0 Å². The molecule has 10 atom stereocenters. The largest absolute Gasteiger partial charge is 0.453 e. The molecule has 4 aliphatic rings. The molecule has 1 aromatic carbocycles. The summed E-state index contributed by atoms with van der Waals surface area (Å²) >= 11 is 0. The predicted octanol–water partition coefficient (Wildman–Crippen LogP) is 3.16. The Morgan fingerprint density at radius 2 is 1.76 bits per heavy atom. The third-order valence-corrected chi connectivity index (χ3v) is 14.9. The molecular weight excluding hydrogens is 664 g/mol. The van der Waals surface area contributed by atoms with Crippen molar-refractivity contribution in [2.45, 2.75) is 107 Å². The molecule has 4 N–H and O–H groups in total. The smallest absolute Gasteiger partial charge is 0.415 e. The van der Waals surface area contributed by atoms with Crippen LogP contribution in [0, 0.1) is 51.5 Å². The number of hydrogen-bond acceptors (Lipinski definition) is 10. The van der Waals surface area contributed by atoms with Crippen molar-refractivity contribution in [3.63, 3.8) is 0 Å². The molecule has 50 heavy (non-hydrogen) atoms. The van der Waals surface area contributed by atoms with E-state index >= 15 is 0 Å². The van der Waals surface area contributed by atoms with E-state index in [0.29, 0.717) is 48.3 Å². The number of carbonyl (C=O) groups is 2. The average Bonchev–Trinajstić information content (AvgIpc) is 3.65. The van der Waals surface area contributed by atoms with Crippen molar-refractivity contribution in [3.05, 3.63) is 35.5 Å². The van der Waals surface area contributed by atoms with Crippen molar-refractivity contribution in [1.29, 1.82) is 0 Å². The zero-order valence-corrected chi connectivity index (χ0v) is 30.1. The van der Waals surface area contributed by atoms with Crippen molar-refractivity contribution in [3.8, 4) is 5.88 Å². The summed E-state index contributed by atoms with van der Waals surface area (Å²) in [7, 11) is -4.25. The number of carbonyl (C=O) groups excluding carboxylic acids is 2. The molecule has 14 heteroatoms. The van der Waals surface area contributed by atoms with Crippen LogP contribution >= 0.6 is 0 Å². The first-order chi connectivity index (χ1) is 23.8. The van der Waals surface area contributed by atoms with Gasteiger partial charge in [-0.3, -0.25) is 14.2 Å². The van der Waals surface area contributed by atoms with Crippen molar-refractivity contribution in [2.24, 2.45) is 46.3 Å². The van der Waals surface area contributed by atoms with E-state index < -0.39 is 26.7 Å². The molecule has 276 valence electrons. The summed E-state index contributed by atoms with van der Waals surface area (Å²) in [4.78, 5) is 24.8. The molecule has 1 heterocycles. The Morgan fingerprint density at radius 3 is 2.52 bits per heavy atom. The molecule has 0 spiro atoms. The number of nitrogens with zero attached hydrogens (tertiary/aromatic N) is 2. The van der Waals surface area contributed by atoms with Gasteiger partial charge in [-0.05, 0) is 121 Å². The van der Waals surface area contributed by atoms with Gasteiger partial charge >= 0.3 is 10.9 Å². The van der Waals surface area contributed by atoms with Crippen LogP contribution in [0.1, 0.15) is 85.0 Å². The van der Waals surface area contributed by atoms with E-state index in [9.17, 15) is 33.4 Å². The van der Waals surface area contributed by atoms with Crippen LogP contribution in [-0.4, -0.2) is 67.5 Å². The highest BCUT2D eigenvalue weighted by atomic mass is 32.2. The second kappa shape index (κ2) is 14.4. The van der Waals surface area contributed by atoms with Crippen LogP contribution in [-0.2, 0) is 19.4 Å². The van der Waals surface area contributed by atoms with Crippen LogP contribution in [0.25, 0.3) is 0 Å². The molecule has 13 nitrogen and oxygen atoms in total. The fraction of sp³-hybridized carbons (Fsp3) is 0.722. The Balaban J connectivity index is 0.933. The number of fused-ring (bicyclic) bond motifs is 5. The summed E-state index contributed by atoms with van der Waals surface area (Å²) in [6, 6.07) is 7.33. The van der Waals surface area contributed by atoms with E-state index in [1.165, 1.54) is 24.3 Å². The molecule has 4 aliphatic carbocycles. The minimum atomic E-state index is -4.25. The van der Waals surface area contributed by atoms with E-state index in [-0.39, 0.29) is 58.4 Å². The van der Waals surface area contributed by atoms with Gasteiger partial charge in [-0.15, -0.1) is 0 Å². The van der Waals surface area contributed by atoms with Crippen LogP contribution < -0.4 is 20.3 Å². The van der Waals surface area contributed by atoms with Gasteiger partial charge in [-0.25, -0.2) is 8.42 Å². The minimum Gasteiger partial charge on any atom is -0.453 e. The maximum Gasteiger partial charge on any atom is 0.415 e. The summed E-state index contributed by atoms with van der Waals surface area (Å²) in [5, 5.41) is 41.8. The van der Waals surface area contributed by atoms with Crippen LogP contribution in [0.4, 0.5) is 0 Å². The Bertz CT molecular complexity index is 1640. The summed E-state index contributed by atoms with van der Waals surface area (Å²) in [5.74, 6) is 1.31. The monoisotopic (exact) mass is 716 g/mol. The number of aliphatic hydroxyl groups excluding tert-OH is 2. The molecule has 1 unspecified atom stereocenters. The first kappa shape index (κ1) is 36.6. The van der Waals surface area contributed by atoms with Gasteiger partial charge in [0.15, 0.2) is 0 Å². The van der Waals surface area contributed by atoms with Crippen LogP contribution in [0.15, 0.2) is 44.9 Å². The molecule has 4 fully saturated rings. The molecule has 0 radical (unpaired) electrons. The molecule has 1 aromatic heterocycles. The standard InChI is InChI=1S/C36H52N4O9S/c1-22(26-10-11-27-32-28(14-16-36(26,27)3)35(2)15-13-24(41)19-23(35)20-29(32)42)9-12-30(43)38-21-31(44)37-17-18-48-33-34(40(45)49-39-33)50(46,47)25-7-5-4-6-8-25/h4-8,22-24,26-29,32,41-42H,9-21H2,1-3H3,(H,37,44)(H,38,43)/t22-,23+,24-,26-,27+,28+,29+,32?,35+,36-/m1/s1. The molecule has 0 bridgehead atoms. The number of nitrogens with one attached hydrogen (secondary N) is 2. The fourth-order valence-corrected chi connectivity index (χ4v) is 11.9. The molecule has 6 rings (SSSR count). The lowest BCUT2D eigenvalue weighted by Crippen LogP contribution is -2.58. The lowest BCUT2D eigenvalue weighted by atomic mass is 9.43. The van der Waals surface area contributed by atoms with E-state index in [1.54, 1.807) is 6.07 Å². The van der Waals surface area contributed by atoms with Gasteiger partial charge in [0.1, 0.15) is 6.61 Å². The predicted molar refractivity (Wildman–Crippen MR) is 180 cm³/mol. The maximum absolute atomic E-state index is 12.9. The Morgan fingerprint density at radius 1 is 1.04 bits per heavy atom. The SMILES string of the molecule is C[C@H](CCC(=O)NCC(=O)NCCOc1no[n+]([O-])c1S(=O)(=O)c1ccccc1)[C@H]1CC[C@H]2C3[C@@H](O)C[C@@H]4C[C@H](O)CC[C@]4(C)[C@H]3CC[C@]12C. The quantitative estimate of drug-likeness (QED) is 0.187. The van der Waals surface area contributed by atoms with Crippen molar-refractivity contribution in [2.75, 3.05) is 19.7 Å². The third-order valence-electron chi connectivity index (χ3n) is 13.2. The summed E-state index contributed by atoms with van der Waals surface area (Å²) in [5.41, 5.74) is 0.322. The Hall–Kier alpha value is -3.23. The Labute approximate surface area is 294 Å². The van der Waals surface area contributed by atoms with Gasteiger partial charge in [0.25, 0.3) is 9.84 Å². The first-order valence-corrected chi connectivity index (χ1v) is 19.7. The maximum atomic E-state index is 12.9. The third kappa shape index (κ3) is 6.87. The van der Waals surface area contributed by atoms with E-state index in [0.717, 1.165) is 51.4 Å². The van der Waals surface area contributed by atoms with E-state index in [1.807, 2.05) is 0 Å². The number of hydrogen-bond donors (Lipinski definition) is 4. The molecule has 2 aromatic rings. The zero-order chi connectivity index (χ0) is 35.8. The number of ether oxygens (including phenoxy) is 1. The molecule has 4 saturated carbocycles. The number of amides is 2. The molecule has 0 aliphatic heterocycles. The summed E-state index contributed by atoms with van der Waals surface area (Å²) in [6.07, 6.45) is 8.47. The van der Waals surface area contributed by atoms with Gasteiger partial charge in [0.2, 0.25) is 11.8 Å². The second-order valence-electron chi connectivity index (χ2n) is 15.8. The number of sulfone groups is 1. The van der Waals surface area contributed by atoms with Crippen LogP contribution in [0.5, 0.6) is 5.88 Å². The van der Waals surface area contributed by atoms with Crippen molar-refractivity contribution in [1.82, 2.24) is 15.8 Å². The van der Waals surface area contributed by atoms with E-state index in [2.05, 4.69) is 41.2 Å².